The SMILES string of the molecule is O=C(c1ccc(Oc2ccc(S(=O)(=O)c3ccc(Oc4ccc(C(=O)C(Cl)(Cl)Cl)cc4)cc3)cc2)cc1)C(Cl)(Cl)Cl. The largest absolute Gasteiger partial charge is 0.457 e. The number of alkyl halides is 6. The summed E-state index contributed by atoms with van der Waals surface area (Å²) in [5, 5.41) is 0. The summed E-state index contributed by atoms with van der Waals surface area (Å²) in [5.41, 5.74) is 0.392. The van der Waals surface area contributed by atoms with Crippen molar-refractivity contribution in [1.82, 2.24) is 0 Å². The first-order valence-electron chi connectivity index (χ1n) is 11.4. The van der Waals surface area contributed by atoms with Crippen LogP contribution in [0.5, 0.6) is 23.0 Å². The van der Waals surface area contributed by atoms with Crippen molar-refractivity contribution in [3.63, 3.8) is 0 Å². The molecule has 0 aliphatic heterocycles. The summed E-state index contributed by atoms with van der Waals surface area (Å²) >= 11 is 33.7. The maximum absolute atomic E-state index is 13.1. The lowest BCUT2D eigenvalue weighted by Gasteiger charge is -2.11. The van der Waals surface area contributed by atoms with E-state index in [2.05, 4.69) is 0 Å². The fraction of sp³-hybridized carbons (Fsp3) is 0.0714. The summed E-state index contributed by atoms with van der Waals surface area (Å²) in [6.07, 6.45) is 0. The van der Waals surface area contributed by atoms with E-state index in [1.165, 1.54) is 97.1 Å². The number of rotatable bonds is 8. The maximum Gasteiger partial charge on any atom is 0.253 e. The van der Waals surface area contributed by atoms with Gasteiger partial charge < -0.3 is 9.47 Å². The number of Topliss-reactive ketones (excluding diaryl/α,β-unsaturated/α-hetero) is 2. The lowest BCUT2D eigenvalue weighted by atomic mass is 10.1. The van der Waals surface area contributed by atoms with Gasteiger partial charge in [-0.15, -0.1) is 0 Å². The van der Waals surface area contributed by atoms with Crippen LogP contribution in [0.3, 0.4) is 0 Å². The molecule has 41 heavy (non-hydrogen) atoms. The van der Waals surface area contributed by atoms with E-state index >= 15 is 0 Å². The molecule has 0 aromatic heterocycles. The molecule has 0 aliphatic carbocycles. The summed E-state index contributed by atoms with van der Waals surface area (Å²) in [7, 11) is -3.84. The van der Waals surface area contributed by atoms with Crippen LogP contribution in [0.4, 0.5) is 0 Å². The zero-order valence-electron chi connectivity index (χ0n) is 20.4. The highest BCUT2D eigenvalue weighted by atomic mass is 35.6. The Morgan fingerprint density at radius 2 is 0.707 bits per heavy atom. The topological polar surface area (TPSA) is 86.7 Å². The maximum atomic E-state index is 13.1. The average molecular weight is 693 g/mol. The number of ketones is 2. The molecule has 6 nitrogen and oxygen atoms in total. The second-order valence-corrected chi connectivity index (χ2v) is 14.9. The predicted octanol–water partition coefficient (Wildman–Crippen LogP) is 9.21. The first-order valence-corrected chi connectivity index (χ1v) is 15.1. The number of sulfone groups is 1. The molecular weight excluding hydrogens is 677 g/mol. The molecule has 0 bridgehead atoms. The number of carbonyl (C=O) groups excluding carboxylic acids is 2. The third kappa shape index (κ3) is 7.87. The normalized spacial score (nSPS) is 12.0. The van der Waals surface area contributed by atoms with Gasteiger partial charge in [-0.2, -0.15) is 0 Å². The van der Waals surface area contributed by atoms with E-state index in [1.54, 1.807) is 0 Å². The molecule has 0 radical (unpaired) electrons. The number of hydrogen-bond acceptors (Lipinski definition) is 6. The highest BCUT2D eigenvalue weighted by molar-refractivity contribution is 7.91. The van der Waals surface area contributed by atoms with Crippen LogP contribution >= 0.6 is 69.6 Å². The zero-order chi connectivity index (χ0) is 30.0. The van der Waals surface area contributed by atoms with Gasteiger partial charge in [0.1, 0.15) is 23.0 Å². The van der Waals surface area contributed by atoms with Gasteiger partial charge in [0.2, 0.25) is 21.4 Å². The number of hydrogen-bond donors (Lipinski definition) is 0. The minimum Gasteiger partial charge on any atom is -0.457 e. The van der Waals surface area contributed by atoms with Crippen LogP contribution in [0.15, 0.2) is 107 Å². The molecule has 0 saturated carbocycles. The van der Waals surface area contributed by atoms with E-state index in [1.807, 2.05) is 0 Å². The van der Waals surface area contributed by atoms with Crippen LogP contribution in [0.1, 0.15) is 20.7 Å². The van der Waals surface area contributed by atoms with E-state index in [0.29, 0.717) is 23.0 Å². The first-order chi connectivity index (χ1) is 19.1. The smallest absolute Gasteiger partial charge is 0.253 e. The molecule has 0 unspecified atom stereocenters. The molecule has 0 saturated heterocycles. The fourth-order valence-electron chi connectivity index (χ4n) is 3.46. The summed E-state index contributed by atoms with van der Waals surface area (Å²) < 4.78 is 33.6. The van der Waals surface area contributed by atoms with Gasteiger partial charge >= 0.3 is 0 Å². The highest BCUT2D eigenvalue weighted by Gasteiger charge is 2.32. The lowest BCUT2D eigenvalue weighted by molar-refractivity contribution is 0.0988. The van der Waals surface area contributed by atoms with E-state index in [9.17, 15) is 18.0 Å². The number of ether oxygens (including phenoxy) is 2. The third-order valence-corrected chi connectivity index (χ3v) is 8.30. The number of halogens is 6. The molecular formula is C28H16Cl6O6S. The molecule has 4 rings (SSSR count). The Morgan fingerprint density at radius 1 is 0.463 bits per heavy atom. The van der Waals surface area contributed by atoms with E-state index in [-0.39, 0.29) is 20.9 Å². The Morgan fingerprint density at radius 3 is 0.951 bits per heavy atom. The van der Waals surface area contributed by atoms with Gasteiger partial charge in [0.05, 0.1) is 9.79 Å². The minimum absolute atomic E-state index is 0.0522. The predicted molar refractivity (Wildman–Crippen MR) is 161 cm³/mol. The highest BCUT2D eigenvalue weighted by Crippen LogP contribution is 2.33. The van der Waals surface area contributed by atoms with E-state index in [4.69, 9.17) is 79.1 Å². The van der Waals surface area contributed by atoms with Crippen LogP contribution in [-0.2, 0) is 9.84 Å². The van der Waals surface area contributed by atoms with Crippen LogP contribution < -0.4 is 9.47 Å². The Balaban J connectivity index is 1.41. The van der Waals surface area contributed by atoms with Crippen molar-refractivity contribution in [2.45, 2.75) is 17.4 Å². The van der Waals surface area contributed by atoms with Crippen molar-refractivity contribution in [2.24, 2.45) is 0 Å². The Bertz CT molecular complexity index is 1540. The second kappa shape index (κ2) is 12.4. The van der Waals surface area contributed by atoms with Gasteiger partial charge in [-0.25, -0.2) is 8.42 Å². The second-order valence-electron chi connectivity index (χ2n) is 8.35. The molecule has 0 spiro atoms. The average Bonchev–Trinajstić information content (AvgIpc) is 2.93. The minimum atomic E-state index is -3.84. The molecule has 0 atom stereocenters. The summed E-state index contributed by atoms with van der Waals surface area (Å²) in [4.78, 5) is 24.1. The molecule has 4 aromatic rings. The lowest BCUT2D eigenvalue weighted by Crippen LogP contribution is -2.18. The van der Waals surface area contributed by atoms with Gasteiger partial charge in [0, 0.05) is 11.1 Å². The molecule has 13 heteroatoms. The molecule has 4 aromatic carbocycles. The molecule has 0 aliphatic rings. The van der Waals surface area contributed by atoms with Gasteiger partial charge in [-0.1, -0.05) is 69.6 Å². The first kappa shape index (κ1) is 31.4. The van der Waals surface area contributed by atoms with Crippen molar-refractivity contribution < 1.29 is 27.5 Å². The van der Waals surface area contributed by atoms with Gasteiger partial charge in [-0.05, 0) is 97.1 Å². The summed E-state index contributed by atoms with van der Waals surface area (Å²) in [5.74, 6) is 0.179. The summed E-state index contributed by atoms with van der Waals surface area (Å²) in [6.45, 7) is 0. The molecule has 0 amide bonds. The molecule has 212 valence electrons. The number of carbonyl (C=O) groups is 2. The van der Waals surface area contributed by atoms with Crippen molar-refractivity contribution in [3.8, 4) is 23.0 Å². The van der Waals surface area contributed by atoms with Crippen molar-refractivity contribution in [2.75, 3.05) is 0 Å². The van der Waals surface area contributed by atoms with Crippen molar-refractivity contribution >= 4 is 91.0 Å². The Hall–Kier alpha value is -2.49. The van der Waals surface area contributed by atoms with Gasteiger partial charge in [-0.3, -0.25) is 9.59 Å². The monoisotopic (exact) mass is 690 g/mol. The quantitative estimate of drug-likeness (QED) is 0.135. The molecule has 0 N–H and O–H groups in total. The van der Waals surface area contributed by atoms with E-state index in [0.717, 1.165) is 0 Å². The van der Waals surface area contributed by atoms with Crippen LogP contribution in [-0.4, -0.2) is 27.6 Å². The fourth-order valence-corrected chi connectivity index (χ4v) is 5.37. The Labute approximate surface area is 265 Å². The zero-order valence-corrected chi connectivity index (χ0v) is 25.7. The standard InChI is InChI=1S/C28H16Cl6O6S/c29-27(30,31)25(35)17-1-5-19(6-2-17)39-21-9-13-23(14-10-21)41(37,38)24-15-11-22(12-16-24)40-20-7-3-18(4-8-20)26(36)28(32,33)34/h1-16H. The summed E-state index contributed by atoms with van der Waals surface area (Å²) in [6, 6.07) is 23.6. The van der Waals surface area contributed by atoms with Crippen LogP contribution in [0, 0.1) is 0 Å². The van der Waals surface area contributed by atoms with Crippen molar-refractivity contribution in [3.05, 3.63) is 108 Å². The van der Waals surface area contributed by atoms with Gasteiger partial charge in [0.15, 0.2) is 0 Å². The molecule has 0 fully saturated rings. The van der Waals surface area contributed by atoms with Gasteiger partial charge in [0.25, 0.3) is 7.59 Å². The van der Waals surface area contributed by atoms with Crippen molar-refractivity contribution in [1.29, 1.82) is 0 Å². The van der Waals surface area contributed by atoms with E-state index < -0.39 is 29.0 Å². The third-order valence-electron chi connectivity index (χ3n) is 5.49. The number of benzene rings is 4. The van der Waals surface area contributed by atoms with Crippen LogP contribution in [0.25, 0.3) is 0 Å². The Kier molecular flexibility index (Phi) is 9.51. The van der Waals surface area contributed by atoms with Crippen LogP contribution in [0.2, 0.25) is 0 Å². The molecule has 0 heterocycles.